The number of benzene rings is 3. The Morgan fingerprint density at radius 1 is 0.974 bits per heavy atom. The van der Waals surface area contributed by atoms with E-state index < -0.39 is 0 Å². The van der Waals surface area contributed by atoms with Crippen LogP contribution in [0.4, 0.5) is 5.69 Å². The van der Waals surface area contributed by atoms with Crippen LogP contribution in [0.25, 0.3) is 16.9 Å². The third-order valence-corrected chi connectivity index (χ3v) is 8.85. The van der Waals surface area contributed by atoms with Gasteiger partial charge in [0, 0.05) is 16.7 Å². The molecule has 1 saturated carbocycles. The maximum absolute atomic E-state index is 14.7. The average molecular weight is 538 g/mol. The number of hydrogen-bond acceptors (Lipinski definition) is 5. The van der Waals surface area contributed by atoms with Gasteiger partial charge in [-0.05, 0) is 49.1 Å². The maximum Gasteiger partial charge on any atom is 0.263 e. The van der Waals surface area contributed by atoms with Gasteiger partial charge in [-0.15, -0.1) is 0 Å². The van der Waals surface area contributed by atoms with Crippen molar-refractivity contribution in [1.29, 1.82) is 0 Å². The molecule has 39 heavy (non-hydrogen) atoms. The van der Waals surface area contributed by atoms with Gasteiger partial charge in [0.1, 0.15) is 5.75 Å². The van der Waals surface area contributed by atoms with Gasteiger partial charge in [-0.25, -0.2) is 4.98 Å². The summed E-state index contributed by atoms with van der Waals surface area (Å²) in [6, 6.07) is 25.2. The average Bonchev–Trinajstić information content (AvgIpc) is 2.97. The van der Waals surface area contributed by atoms with Crippen molar-refractivity contribution in [3.8, 4) is 22.7 Å². The predicted molar refractivity (Wildman–Crippen MR) is 156 cm³/mol. The topological polar surface area (TPSA) is 73.2 Å². The number of carbonyl (C=O) groups excluding carboxylic acids is 1. The lowest BCUT2D eigenvalue weighted by Crippen LogP contribution is -2.43. The van der Waals surface area contributed by atoms with Crippen molar-refractivity contribution in [1.82, 2.24) is 9.55 Å². The molecule has 7 heteroatoms. The van der Waals surface area contributed by atoms with Crippen molar-refractivity contribution in [3.63, 3.8) is 0 Å². The van der Waals surface area contributed by atoms with Gasteiger partial charge in [-0.3, -0.25) is 14.2 Å². The number of para-hydroxylation sites is 3. The van der Waals surface area contributed by atoms with Crippen molar-refractivity contribution in [2.75, 3.05) is 18.2 Å². The van der Waals surface area contributed by atoms with Gasteiger partial charge in [-0.1, -0.05) is 85.6 Å². The number of anilines is 1. The largest absolute Gasteiger partial charge is 0.495 e. The lowest BCUT2D eigenvalue weighted by molar-refractivity contribution is -0.113. The zero-order valence-electron chi connectivity index (χ0n) is 22.0. The Balaban J connectivity index is 1.51. The number of rotatable bonds is 6. The molecule has 1 heterocycles. The predicted octanol–water partition coefficient (Wildman–Crippen LogP) is 6.40. The molecule has 4 aromatic rings. The molecule has 1 amide bonds. The lowest BCUT2D eigenvalue weighted by atomic mass is 9.62. The molecule has 6 nitrogen and oxygen atoms in total. The number of carbonyl (C=O) groups is 1. The summed E-state index contributed by atoms with van der Waals surface area (Å²) in [5.74, 6) is 0.543. The van der Waals surface area contributed by atoms with Crippen LogP contribution in [0.1, 0.15) is 43.2 Å². The van der Waals surface area contributed by atoms with Crippen LogP contribution in [-0.2, 0) is 16.6 Å². The first kappa shape index (κ1) is 25.4. The van der Waals surface area contributed by atoms with Crippen molar-refractivity contribution >= 4 is 23.4 Å². The normalized spacial score (nSPS) is 15.3. The van der Waals surface area contributed by atoms with E-state index in [0.29, 0.717) is 16.6 Å². The molecule has 2 aliphatic rings. The van der Waals surface area contributed by atoms with Crippen LogP contribution in [0.3, 0.4) is 0 Å². The van der Waals surface area contributed by atoms with E-state index >= 15 is 0 Å². The van der Waals surface area contributed by atoms with Crippen LogP contribution in [0.2, 0.25) is 0 Å². The zero-order chi connectivity index (χ0) is 26.8. The van der Waals surface area contributed by atoms with E-state index in [9.17, 15) is 9.59 Å². The number of thioether (sulfide) groups is 1. The second-order valence-corrected chi connectivity index (χ2v) is 11.3. The van der Waals surface area contributed by atoms with Gasteiger partial charge in [0.2, 0.25) is 5.91 Å². The van der Waals surface area contributed by atoms with Gasteiger partial charge in [0.25, 0.3) is 5.56 Å². The van der Waals surface area contributed by atoms with Gasteiger partial charge in [0.15, 0.2) is 5.16 Å². The molecule has 1 fully saturated rings. The summed E-state index contributed by atoms with van der Waals surface area (Å²) in [6.07, 6.45) is 6.20. The second-order valence-electron chi connectivity index (χ2n) is 10.3. The van der Waals surface area contributed by atoms with E-state index in [4.69, 9.17) is 9.72 Å². The Hall–Kier alpha value is -3.84. The highest BCUT2D eigenvalue weighted by atomic mass is 32.2. The van der Waals surface area contributed by atoms with E-state index in [1.807, 2.05) is 60.7 Å². The fraction of sp³-hybridized carbons (Fsp3) is 0.281. The first-order valence-corrected chi connectivity index (χ1v) is 14.5. The molecule has 2 aliphatic carbocycles. The number of nitrogens with zero attached hydrogens (tertiary/aromatic N) is 2. The Kier molecular flexibility index (Phi) is 7.00. The summed E-state index contributed by atoms with van der Waals surface area (Å²) in [7, 11) is 1.61. The number of hydrogen-bond donors (Lipinski definition) is 1. The molecule has 1 N–H and O–H groups in total. The molecule has 0 radical (unpaired) electrons. The van der Waals surface area contributed by atoms with Crippen molar-refractivity contribution in [2.24, 2.45) is 0 Å². The van der Waals surface area contributed by atoms with Crippen LogP contribution in [-0.4, -0.2) is 28.3 Å². The molecule has 198 valence electrons. The minimum Gasteiger partial charge on any atom is -0.495 e. The standard InChI is InChI=1S/C32H31N3O3S/c1-38-26-17-9-8-16-25(26)35-30(37)28-29(34-31(35)39-21-27(36)33-23-13-4-2-5-14-23)24-15-7-6-12-22(24)20-32(28)18-10-3-11-19-32/h2,4-9,12-17H,3,10-11,18-21H2,1H3,(H,33,36). The number of amides is 1. The fourth-order valence-electron chi connectivity index (χ4n) is 6.16. The SMILES string of the molecule is COc1ccccc1-n1c(SCC(=O)Nc2ccccc2)nc2c(c1=O)C1(CCCCC1)Cc1ccccc1-2. The van der Waals surface area contributed by atoms with Crippen LogP contribution < -0.4 is 15.6 Å². The third kappa shape index (κ3) is 4.76. The Labute approximate surface area is 232 Å². The third-order valence-electron chi connectivity index (χ3n) is 7.91. The molecule has 6 rings (SSSR count). The molecular formula is C32H31N3O3S. The molecule has 0 bridgehead atoms. The lowest BCUT2D eigenvalue weighted by Gasteiger charge is -2.42. The number of methoxy groups -OCH3 is 1. The Morgan fingerprint density at radius 3 is 2.49 bits per heavy atom. The van der Waals surface area contributed by atoms with Gasteiger partial charge < -0.3 is 10.1 Å². The Bertz CT molecular complexity index is 1580. The van der Waals surface area contributed by atoms with E-state index in [1.54, 1.807) is 11.7 Å². The number of fused-ring (bicyclic) bond motifs is 4. The molecule has 0 saturated heterocycles. The van der Waals surface area contributed by atoms with Crippen molar-refractivity contribution in [3.05, 3.63) is 100 Å². The summed E-state index contributed by atoms with van der Waals surface area (Å²) >= 11 is 1.27. The van der Waals surface area contributed by atoms with Crippen LogP contribution in [0, 0.1) is 0 Å². The van der Waals surface area contributed by atoms with Gasteiger partial charge >= 0.3 is 0 Å². The molecule has 0 aliphatic heterocycles. The number of aromatic nitrogens is 2. The van der Waals surface area contributed by atoms with E-state index in [1.165, 1.54) is 23.7 Å². The summed E-state index contributed by atoms with van der Waals surface area (Å²) in [5, 5.41) is 3.41. The summed E-state index contributed by atoms with van der Waals surface area (Å²) in [5.41, 5.74) is 4.91. The minimum absolute atomic E-state index is 0.0631. The van der Waals surface area contributed by atoms with Crippen LogP contribution >= 0.6 is 11.8 Å². The molecule has 0 atom stereocenters. The summed E-state index contributed by atoms with van der Waals surface area (Å²) in [4.78, 5) is 32.8. The van der Waals surface area contributed by atoms with Crippen LogP contribution in [0.15, 0.2) is 88.8 Å². The zero-order valence-corrected chi connectivity index (χ0v) is 22.8. The number of nitrogens with one attached hydrogen (secondary N) is 1. The highest BCUT2D eigenvalue weighted by Gasteiger charge is 2.43. The highest BCUT2D eigenvalue weighted by Crippen LogP contribution is 2.49. The van der Waals surface area contributed by atoms with Gasteiger partial charge in [0.05, 0.1) is 29.8 Å². The molecular weight excluding hydrogens is 506 g/mol. The molecule has 3 aromatic carbocycles. The van der Waals surface area contributed by atoms with E-state index in [2.05, 4.69) is 23.5 Å². The minimum atomic E-state index is -0.232. The smallest absolute Gasteiger partial charge is 0.263 e. The first-order chi connectivity index (χ1) is 19.1. The maximum atomic E-state index is 14.7. The molecule has 0 unspecified atom stereocenters. The van der Waals surface area contributed by atoms with Crippen molar-refractivity contribution < 1.29 is 9.53 Å². The summed E-state index contributed by atoms with van der Waals surface area (Å²) < 4.78 is 7.34. The number of ether oxygens (including phenoxy) is 1. The van der Waals surface area contributed by atoms with Crippen molar-refractivity contribution in [2.45, 2.75) is 49.1 Å². The van der Waals surface area contributed by atoms with E-state index in [-0.39, 0.29) is 22.6 Å². The van der Waals surface area contributed by atoms with Crippen LogP contribution in [0.5, 0.6) is 5.75 Å². The first-order valence-electron chi connectivity index (χ1n) is 13.5. The second kappa shape index (κ2) is 10.7. The summed E-state index contributed by atoms with van der Waals surface area (Å²) in [6.45, 7) is 0. The molecule has 1 aromatic heterocycles. The van der Waals surface area contributed by atoms with E-state index in [0.717, 1.165) is 54.6 Å². The fourth-order valence-corrected chi connectivity index (χ4v) is 6.96. The highest BCUT2D eigenvalue weighted by molar-refractivity contribution is 7.99. The van der Waals surface area contributed by atoms with Gasteiger partial charge in [-0.2, -0.15) is 0 Å². The monoisotopic (exact) mass is 537 g/mol. The molecule has 1 spiro atoms. The quantitative estimate of drug-likeness (QED) is 0.228. The Morgan fingerprint density at radius 2 is 1.69 bits per heavy atom.